The molecule has 16 heteroatoms. The highest BCUT2D eigenvalue weighted by Crippen LogP contribution is 2.44. The summed E-state index contributed by atoms with van der Waals surface area (Å²) in [6.07, 6.45) is 6.95. The van der Waals surface area contributed by atoms with Gasteiger partial charge in [0.25, 0.3) is 11.4 Å². The van der Waals surface area contributed by atoms with E-state index in [2.05, 4.69) is 301 Å². The summed E-state index contributed by atoms with van der Waals surface area (Å²) in [6.45, 7) is 14.5. The number of carbonyl (C=O) groups is 2. The van der Waals surface area contributed by atoms with Gasteiger partial charge in [0.1, 0.15) is 0 Å². The molecule has 0 saturated carbocycles. The molecule has 532 valence electrons. The number of nitrogens with zero attached hydrogens (tertiary/aromatic N) is 12. The average Bonchev–Trinajstić information content (AvgIpc) is 1.63. The maximum Gasteiger partial charge on any atom is 0.333 e. The Morgan fingerprint density at radius 1 is 0.278 bits per heavy atom. The summed E-state index contributed by atoms with van der Waals surface area (Å²) in [5.41, 5.74) is 21.2. The molecular formula is C92H80N12O4. The molecule has 2 heterocycles. The fourth-order valence-electron chi connectivity index (χ4n) is 13.1. The molecular weight excluding hydrogens is 1340 g/mol. The lowest BCUT2D eigenvalue weighted by Gasteiger charge is -2.30. The van der Waals surface area contributed by atoms with Gasteiger partial charge in [-0.1, -0.05) is 60.7 Å². The van der Waals surface area contributed by atoms with E-state index in [9.17, 15) is 19.8 Å². The van der Waals surface area contributed by atoms with Crippen LogP contribution in [0.3, 0.4) is 0 Å². The highest BCUT2D eigenvalue weighted by atomic mass is 16.4. The van der Waals surface area contributed by atoms with Crippen molar-refractivity contribution < 1.29 is 19.8 Å². The highest BCUT2D eigenvalue weighted by molar-refractivity contribution is 5.96. The van der Waals surface area contributed by atoms with Crippen LogP contribution < -0.4 is 39.2 Å². The zero-order chi connectivity index (χ0) is 75.5. The third kappa shape index (κ3) is 15.8. The van der Waals surface area contributed by atoms with Crippen molar-refractivity contribution in [3.8, 4) is 11.4 Å². The summed E-state index contributed by atoms with van der Waals surface area (Å²) >= 11 is 0. The van der Waals surface area contributed by atoms with Crippen LogP contribution in [0.25, 0.3) is 55.0 Å². The lowest BCUT2D eigenvalue weighted by molar-refractivity contribution is -0.133. The van der Waals surface area contributed by atoms with Crippen LogP contribution >= 0.6 is 0 Å². The van der Waals surface area contributed by atoms with E-state index in [0.717, 1.165) is 113 Å². The van der Waals surface area contributed by atoms with Crippen LogP contribution in [0, 0.1) is 13.1 Å². The Hall–Kier alpha value is -14.5. The molecule has 2 N–H and O–H groups in total. The molecule has 0 atom stereocenters. The van der Waals surface area contributed by atoms with Crippen LogP contribution in [0.4, 0.5) is 91.0 Å². The quantitative estimate of drug-likeness (QED) is 0.0497. The number of hydrogen-bond donors (Lipinski definition) is 2. The van der Waals surface area contributed by atoms with E-state index in [4.69, 9.17) is 13.1 Å². The minimum Gasteiger partial charge on any atom is -0.486 e. The van der Waals surface area contributed by atoms with Gasteiger partial charge in [-0.25, -0.2) is 9.69 Å². The number of para-hydroxylation sites is 2. The molecule has 14 rings (SSSR count). The zero-order valence-electron chi connectivity index (χ0n) is 61.3. The first-order valence-corrected chi connectivity index (χ1v) is 35.1. The maximum absolute atomic E-state index is 11.7. The molecule has 0 amide bonds. The Kier molecular flexibility index (Phi) is 21.3. The van der Waals surface area contributed by atoms with Gasteiger partial charge in [-0.3, -0.25) is 9.59 Å². The van der Waals surface area contributed by atoms with Crippen molar-refractivity contribution in [1.29, 1.82) is 0 Å². The van der Waals surface area contributed by atoms with E-state index in [1.54, 1.807) is 0 Å². The third-order valence-electron chi connectivity index (χ3n) is 18.8. The second kappa shape index (κ2) is 32.0. The van der Waals surface area contributed by atoms with Gasteiger partial charge < -0.3 is 58.5 Å². The van der Waals surface area contributed by atoms with Crippen molar-refractivity contribution in [2.24, 2.45) is 0 Å². The van der Waals surface area contributed by atoms with Crippen LogP contribution in [-0.4, -0.2) is 87.7 Å². The number of fused-ring (bicyclic) bond motifs is 2. The minimum atomic E-state index is -1.26. The molecule has 0 fully saturated rings. The third-order valence-corrected chi connectivity index (χ3v) is 18.8. The van der Waals surface area contributed by atoms with E-state index >= 15 is 0 Å². The van der Waals surface area contributed by atoms with Crippen LogP contribution in [0.5, 0.6) is 0 Å². The summed E-state index contributed by atoms with van der Waals surface area (Å²) in [4.78, 5) is 46.6. The predicted octanol–water partition coefficient (Wildman–Crippen LogP) is 22.1. The first kappa shape index (κ1) is 71.9. The molecule has 0 spiro atoms. The number of anilines is 16. The second-order valence-electron chi connectivity index (χ2n) is 26.6. The Balaban J connectivity index is 0.000000203. The fourth-order valence-corrected chi connectivity index (χ4v) is 13.1. The number of aliphatic carboxylic acids is 2. The van der Waals surface area contributed by atoms with E-state index < -0.39 is 11.9 Å². The standard InChI is InChI=1S/C54H54N8O2.C38H26N4O2/c1-55-53(54(63)64)38-39-10-12-44(13-11-39)60(49-30-34-51(35-31-49)61(45-22-14-40(15-23-45)56(2)3)46-24-16-41(17-25-46)57(4)5)50-32-36-52(37-33-50)62(47-26-18-42(19-27-47)58(6)7)48-28-20-43(21-29-48)59(8)9;1-39-35(38(43)44)26-27-10-12-32(13-11-27)42(33-18-14-30(15-19-33)40-24-22-28-6-2-4-8-36(28)40)34-20-16-31(17-21-34)41-25-23-29-7-3-5-9-37(29)41/h10-38H,2-9H3,(H,63,64);2-26H,(H,43,44)/b53-38-;35-26-. The van der Waals surface area contributed by atoms with Gasteiger partial charge in [-0.2, -0.15) is 0 Å². The molecule has 14 aromatic rings. The number of carboxylic acid groups (broad SMARTS) is 2. The lowest BCUT2D eigenvalue weighted by Crippen LogP contribution is -2.14. The van der Waals surface area contributed by atoms with Crippen LogP contribution in [0.2, 0.25) is 0 Å². The van der Waals surface area contributed by atoms with E-state index in [0.29, 0.717) is 11.1 Å². The number of aromatic nitrogens is 2. The number of hydrogen-bond acceptors (Lipinski definition) is 10. The van der Waals surface area contributed by atoms with Gasteiger partial charge in [0.05, 0.1) is 24.2 Å². The summed E-state index contributed by atoms with van der Waals surface area (Å²) < 4.78 is 4.36. The number of carboxylic acids is 2. The molecule has 0 radical (unpaired) electrons. The van der Waals surface area contributed by atoms with Gasteiger partial charge in [0.2, 0.25) is 0 Å². The van der Waals surface area contributed by atoms with Crippen molar-refractivity contribution >= 4 is 137 Å². The Morgan fingerprint density at radius 2 is 0.472 bits per heavy atom. The van der Waals surface area contributed by atoms with Gasteiger partial charge in [-0.05, 0) is 277 Å². The fraction of sp³-hybridized carbons (Fsp3) is 0.0870. The van der Waals surface area contributed by atoms with Crippen LogP contribution in [-0.2, 0) is 9.59 Å². The summed E-state index contributed by atoms with van der Waals surface area (Å²) in [5, 5.41) is 21.2. The molecule has 0 aliphatic carbocycles. The molecule has 0 unspecified atom stereocenters. The summed E-state index contributed by atoms with van der Waals surface area (Å²) in [5.74, 6) is -2.50. The highest BCUT2D eigenvalue weighted by Gasteiger charge is 2.21. The van der Waals surface area contributed by atoms with Crippen molar-refractivity contribution in [3.05, 3.63) is 361 Å². The zero-order valence-corrected chi connectivity index (χ0v) is 61.3. The van der Waals surface area contributed by atoms with Gasteiger partial charge in [0.15, 0.2) is 0 Å². The van der Waals surface area contributed by atoms with Crippen molar-refractivity contribution in [2.45, 2.75) is 0 Å². The first-order chi connectivity index (χ1) is 52.4. The van der Waals surface area contributed by atoms with E-state index in [1.165, 1.54) is 22.9 Å². The van der Waals surface area contributed by atoms with Crippen molar-refractivity contribution in [2.75, 3.05) is 95.6 Å². The van der Waals surface area contributed by atoms with Crippen molar-refractivity contribution in [3.63, 3.8) is 0 Å². The minimum absolute atomic E-state index is 0.323. The van der Waals surface area contributed by atoms with Gasteiger partial charge in [0, 0.05) is 171 Å². The molecule has 16 nitrogen and oxygen atoms in total. The number of benzene rings is 12. The lowest BCUT2D eigenvalue weighted by atomic mass is 10.1. The SMILES string of the molecule is [C-]#[N+]/C(=C\c1ccc(N(c2ccc(-n3ccc4ccccc43)cc2)c2ccc(-n3ccc4ccccc43)cc2)cc1)C(=O)O.[C-]#[N+]/C(=C\c1ccc(N(c2ccc(N(c3ccc(N(C)C)cc3)c3ccc(N(C)C)cc3)cc2)c2ccc(N(c3ccc(N(C)C)cc3)c3ccc(N(C)C)cc3)cc2)cc1)C(=O)O. The van der Waals surface area contributed by atoms with Crippen molar-refractivity contribution in [1.82, 2.24) is 9.13 Å². The second-order valence-corrected chi connectivity index (χ2v) is 26.6. The Morgan fingerprint density at radius 3 is 0.676 bits per heavy atom. The average molecular weight is 1420 g/mol. The topological polar surface area (TPSA) is 119 Å². The Labute approximate surface area is 630 Å². The summed E-state index contributed by atoms with van der Waals surface area (Å²) in [7, 11) is 16.3. The largest absolute Gasteiger partial charge is 0.486 e. The number of rotatable bonds is 22. The smallest absolute Gasteiger partial charge is 0.333 e. The molecule has 0 aliphatic rings. The molecule has 2 aromatic heterocycles. The predicted molar refractivity (Wildman–Crippen MR) is 447 cm³/mol. The molecule has 0 saturated heterocycles. The summed E-state index contributed by atoms with van der Waals surface area (Å²) in [6, 6.07) is 104. The van der Waals surface area contributed by atoms with Crippen LogP contribution in [0.1, 0.15) is 11.1 Å². The molecule has 12 aromatic carbocycles. The van der Waals surface area contributed by atoms with E-state index in [1.807, 2.05) is 129 Å². The van der Waals surface area contributed by atoms with Crippen LogP contribution in [0.15, 0.2) is 327 Å². The monoisotopic (exact) mass is 1420 g/mol. The maximum atomic E-state index is 11.7. The van der Waals surface area contributed by atoms with Gasteiger partial charge in [-0.15, -0.1) is 0 Å². The molecule has 108 heavy (non-hydrogen) atoms. The molecule has 0 bridgehead atoms. The van der Waals surface area contributed by atoms with Gasteiger partial charge >= 0.3 is 11.9 Å². The molecule has 0 aliphatic heterocycles. The van der Waals surface area contributed by atoms with E-state index in [-0.39, 0.29) is 11.4 Å². The Bertz CT molecular complexity index is 5250. The normalized spacial score (nSPS) is 11.2. The first-order valence-electron chi connectivity index (χ1n) is 35.1.